The van der Waals surface area contributed by atoms with Crippen LogP contribution >= 0.6 is 0 Å². The van der Waals surface area contributed by atoms with Crippen molar-refractivity contribution in [2.24, 2.45) is 5.73 Å². The highest BCUT2D eigenvalue weighted by atomic mass is 16.5. The molecule has 0 saturated carbocycles. The average molecular weight is 186 g/mol. The minimum Gasteiger partial charge on any atom is -0.353 e. The van der Waals surface area contributed by atoms with Gasteiger partial charge in [0.05, 0.1) is 5.60 Å². The van der Waals surface area contributed by atoms with Crippen LogP contribution in [-0.2, 0) is 4.74 Å². The lowest BCUT2D eigenvalue weighted by atomic mass is 10.2. The normalized spacial score (nSPS) is 23.6. The number of nitrogens with two attached hydrogens (primary N) is 1. The summed E-state index contributed by atoms with van der Waals surface area (Å²) in [6, 6.07) is -0.383. The Hall–Kier alpha value is -0.770. The summed E-state index contributed by atoms with van der Waals surface area (Å²) in [4.78, 5) is 12.6. The van der Waals surface area contributed by atoms with Gasteiger partial charge in [-0.05, 0) is 33.6 Å². The number of hydrogen-bond acceptors (Lipinski definition) is 2. The molecule has 76 valence electrons. The van der Waals surface area contributed by atoms with Crippen LogP contribution in [0.1, 0.15) is 33.6 Å². The van der Waals surface area contributed by atoms with Crippen molar-refractivity contribution in [3.63, 3.8) is 0 Å². The van der Waals surface area contributed by atoms with E-state index in [-0.39, 0.29) is 17.9 Å². The number of carbonyl (C=O) groups is 1. The second kappa shape index (κ2) is 3.54. The zero-order chi connectivity index (χ0) is 10.1. The maximum absolute atomic E-state index is 11.0. The van der Waals surface area contributed by atoms with E-state index in [2.05, 4.69) is 0 Å². The molecule has 0 aromatic carbocycles. The lowest BCUT2D eigenvalue weighted by Crippen LogP contribution is -2.43. The molecule has 0 aromatic heterocycles. The van der Waals surface area contributed by atoms with Gasteiger partial charge in [-0.3, -0.25) is 4.90 Å². The summed E-state index contributed by atoms with van der Waals surface area (Å²) < 4.78 is 5.70. The summed E-state index contributed by atoms with van der Waals surface area (Å²) in [6.45, 7) is 6.65. The second-order valence-corrected chi connectivity index (χ2v) is 4.36. The van der Waals surface area contributed by atoms with Gasteiger partial charge in [-0.2, -0.15) is 0 Å². The van der Waals surface area contributed by atoms with Crippen molar-refractivity contribution in [2.45, 2.75) is 45.4 Å². The van der Waals surface area contributed by atoms with E-state index >= 15 is 0 Å². The van der Waals surface area contributed by atoms with Gasteiger partial charge in [-0.1, -0.05) is 0 Å². The van der Waals surface area contributed by atoms with Gasteiger partial charge in [0, 0.05) is 6.54 Å². The van der Waals surface area contributed by atoms with Gasteiger partial charge in [-0.25, -0.2) is 4.79 Å². The van der Waals surface area contributed by atoms with Gasteiger partial charge in [0.1, 0.15) is 6.23 Å². The summed E-state index contributed by atoms with van der Waals surface area (Å²) in [7, 11) is 0. The van der Waals surface area contributed by atoms with Crippen LogP contribution in [-0.4, -0.2) is 29.3 Å². The Morgan fingerprint density at radius 2 is 2.15 bits per heavy atom. The highest BCUT2D eigenvalue weighted by molar-refractivity contribution is 5.72. The fourth-order valence-corrected chi connectivity index (χ4v) is 1.52. The predicted octanol–water partition coefficient (Wildman–Crippen LogP) is 1.30. The number of carbonyl (C=O) groups excluding carboxylic acids is 1. The molecule has 1 fully saturated rings. The fourth-order valence-electron chi connectivity index (χ4n) is 1.52. The molecule has 0 spiro atoms. The topological polar surface area (TPSA) is 55.6 Å². The molecule has 0 aromatic rings. The Morgan fingerprint density at radius 3 is 2.62 bits per heavy atom. The minimum absolute atomic E-state index is 0.127. The molecule has 0 aliphatic carbocycles. The summed E-state index contributed by atoms with van der Waals surface area (Å²) in [5.41, 5.74) is 4.99. The Balaban J connectivity index is 2.54. The van der Waals surface area contributed by atoms with Gasteiger partial charge in [0.2, 0.25) is 0 Å². The number of nitrogens with zero attached hydrogens (tertiary/aromatic N) is 1. The summed E-state index contributed by atoms with van der Waals surface area (Å²) in [5, 5.41) is 0. The van der Waals surface area contributed by atoms with Crippen molar-refractivity contribution in [2.75, 3.05) is 6.54 Å². The smallest absolute Gasteiger partial charge is 0.316 e. The van der Waals surface area contributed by atoms with Gasteiger partial charge in [0.25, 0.3) is 0 Å². The molecule has 4 nitrogen and oxygen atoms in total. The average Bonchev–Trinajstić information content (AvgIpc) is 2.31. The lowest BCUT2D eigenvalue weighted by Gasteiger charge is -2.30. The van der Waals surface area contributed by atoms with Crippen LogP contribution in [0, 0.1) is 0 Å². The van der Waals surface area contributed by atoms with Crippen molar-refractivity contribution >= 4 is 6.03 Å². The number of urea groups is 1. The summed E-state index contributed by atoms with van der Waals surface area (Å²) in [6.07, 6.45) is 1.74. The SMILES string of the molecule is CC(C)(C)OC1CCCN1C(N)=O. The van der Waals surface area contributed by atoms with E-state index in [0.29, 0.717) is 0 Å². The van der Waals surface area contributed by atoms with Crippen molar-refractivity contribution < 1.29 is 9.53 Å². The first-order valence-corrected chi connectivity index (χ1v) is 4.64. The molecule has 1 heterocycles. The quantitative estimate of drug-likeness (QED) is 0.671. The Morgan fingerprint density at radius 1 is 1.54 bits per heavy atom. The maximum Gasteiger partial charge on any atom is 0.316 e. The minimum atomic E-state index is -0.383. The van der Waals surface area contributed by atoms with Gasteiger partial charge >= 0.3 is 6.03 Å². The molecule has 0 bridgehead atoms. The molecule has 1 atom stereocenters. The van der Waals surface area contributed by atoms with Crippen LogP contribution in [0.3, 0.4) is 0 Å². The van der Waals surface area contributed by atoms with Crippen LogP contribution in [0.5, 0.6) is 0 Å². The van der Waals surface area contributed by atoms with E-state index in [9.17, 15) is 4.79 Å². The van der Waals surface area contributed by atoms with Crippen LogP contribution < -0.4 is 5.73 Å². The molecule has 4 heteroatoms. The Labute approximate surface area is 79.0 Å². The highest BCUT2D eigenvalue weighted by Crippen LogP contribution is 2.22. The molecule has 1 rings (SSSR count). The molecule has 1 aliphatic heterocycles. The molecule has 1 unspecified atom stereocenters. The monoisotopic (exact) mass is 186 g/mol. The first-order chi connectivity index (χ1) is 5.90. The van der Waals surface area contributed by atoms with Crippen LogP contribution in [0.15, 0.2) is 0 Å². The number of amides is 2. The van der Waals surface area contributed by atoms with Crippen LogP contribution in [0.4, 0.5) is 4.79 Å². The van der Waals surface area contributed by atoms with E-state index in [4.69, 9.17) is 10.5 Å². The fraction of sp³-hybridized carbons (Fsp3) is 0.889. The van der Waals surface area contributed by atoms with E-state index < -0.39 is 0 Å². The van der Waals surface area contributed by atoms with Crippen molar-refractivity contribution in [3.8, 4) is 0 Å². The van der Waals surface area contributed by atoms with Crippen molar-refractivity contribution in [1.82, 2.24) is 4.90 Å². The van der Waals surface area contributed by atoms with Crippen molar-refractivity contribution in [3.05, 3.63) is 0 Å². The molecule has 13 heavy (non-hydrogen) atoms. The number of primary amides is 1. The number of likely N-dealkylation sites (tertiary alicyclic amines) is 1. The zero-order valence-corrected chi connectivity index (χ0v) is 8.54. The van der Waals surface area contributed by atoms with E-state index in [1.807, 2.05) is 20.8 Å². The molecular formula is C9H18N2O2. The third-order valence-corrected chi connectivity index (χ3v) is 1.97. The second-order valence-electron chi connectivity index (χ2n) is 4.36. The number of hydrogen-bond donors (Lipinski definition) is 1. The molecule has 1 aliphatic rings. The van der Waals surface area contributed by atoms with Crippen molar-refractivity contribution in [1.29, 1.82) is 0 Å². The van der Waals surface area contributed by atoms with Gasteiger partial charge < -0.3 is 10.5 Å². The van der Waals surface area contributed by atoms with E-state index in [1.165, 1.54) is 0 Å². The first-order valence-electron chi connectivity index (χ1n) is 4.64. The lowest BCUT2D eigenvalue weighted by molar-refractivity contribution is -0.101. The van der Waals surface area contributed by atoms with Gasteiger partial charge in [0.15, 0.2) is 0 Å². The Bertz CT molecular complexity index is 198. The van der Waals surface area contributed by atoms with Crippen LogP contribution in [0.25, 0.3) is 0 Å². The molecular weight excluding hydrogens is 168 g/mol. The van der Waals surface area contributed by atoms with E-state index in [0.717, 1.165) is 19.4 Å². The third kappa shape index (κ3) is 2.88. The summed E-state index contributed by atoms with van der Waals surface area (Å²) >= 11 is 0. The first kappa shape index (κ1) is 10.3. The summed E-state index contributed by atoms with van der Waals surface area (Å²) in [5.74, 6) is 0. The molecule has 2 N–H and O–H groups in total. The number of ether oxygens (including phenoxy) is 1. The standard InChI is InChI=1S/C9H18N2O2/c1-9(2,3)13-7-5-4-6-11(7)8(10)12/h7H,4-6H2,1-3H3,(H2,10,12). The Kier molecular flexibility index (Phi) is 2.81. The molecule has 1 saturated heterocycles. The highest BCUT2D eigenvalue weighted by Gasteiger charge is 2.31. The largest absolute Gasteiger partial charge is 0.353 e. The third-order valence-electron chi connectivity index (χ3n) is 1.97. The predicted molar refractivity (Wildman–Crippen MR) is 50.1 cm³/mol. The van der Waals surface area contributed by atoms with Crippen LogP contribution in [0.2, 0.25) is 0 Å². The van der Waals surface area contributed by atoms with E-state index in [1.54, 1.807) is 4.90 Å². The molecule has 0 radical (unpaired) electrons. The van der Waals surface area contributed by atoms with Gasteiger partial charge in [-0.15, -0.1) is 0 Å². The maximum atomic E-state index is 11.0. The molecule has 2 amide bonds. The zero-order valence-electron chi connectivity index (χ0n) is 8.54. The number of rotatable bonds is 1.